The monoisotopic (exact) mass is 347 g/mol. The van der Waals surface area contributed by atoms with E-state index in [0.717, 1.165) is 12.1 Å². The molecule has 7 heteroatoms. The lowest BCUT2D eigenvalue weighted by Crippen LogP contribution is -2.04. The van der Waals surface area contributed by atoms with E-state index in [1.165, 1.54) is 25.3 Å². The van der Waals surface area contributed by atoms with E-state index in [9.17, 15) is 18.0 Å². The van der Waals surface area contributed by atoms with Crippen LogP contribution in [0, 0.1) is 0 Å². The number of carbonyl (C=O) groups is 1. The Labute approximate surface area is 140 Å². The molecule has 4 nitrogen and oxygen atoms in total. The van der Waals surface area contributed by atoms with E-state index in [4.69, 9.17) is 4.52 Å². The van der Waals surface area contributed by atoms with Crippen molar-refractivity contribution < 1.29 is 27.2 Å². The minimum atomic E-state index is -4.44. The number of hydrogen-bond acceptors (Lipinski definition) is 4. The number of rotatable bonds is 3. The first-order valence-corrected chi connectivity index (χ1v) is 7.21. The number of hydrogen-bond donors (Lipinski definition) is 0. The van der Waals surface area contributed by atoms with Gasteiger partial charge in [-0.2, -0.15) is 13.2 Å². The van der Waals surface area contributed by atoms with Gasteiger partial charge in [0, 0.05) is 17.2 Å². The summed E-state index contributed by atoms with van der Waals surface area (Å²) in [7, 11) is 1.27. The third-order valence-corrected chi connectivity index (χ3v) is 3.56. The number of esters is 1. The summed E-state index contributed by atoms with van der Waals surface area (Å²) in [6.07, 6.45) is -4.44. The smallest absolute Gasteiger partial charge is 0.416 e. The molecule has 3 rings (SSSR count). The molecule has 0 amide bonds. The molecule has 1 heterocycles. The second-order valence-corrected chi connectivity index (χ2v) is 5.23. The third kappa shape index (κ3) is 3.55. The molecule has 2 aromatic carbocycles. The van der Waals surface area contributed by atoms with Crippen LogP contribution in [0.3, 0.4) is 0 Å². The number of alkyl halides is 3. The molecular weight excluding hydrogens is 335 g/mol. The van der Waals surface area contributed by atoms with Crippen molar-refractivity contribution in [3.8, 4) is 22.6 Å². The van der Waals surface area contributed by atoms with Gasteiger partial charge in [-0.3, -0.25) is 0 Å². The number of halogens is 3. The minimum Gasteiger partial charge on any atom is -0.465 e. The minimum absolute atomic E-state index is 0.199. The van der Waals surface area contributed by atoms with Gasteiger partial charge in [-0.1, -0.05) is 29.4 Å². The number of methoxy groups -OCH3 is 1. The van der Waals surface area contributed by atoms with Gasteiger partial charge < -0.3 is 9.26 Å². The quantitative estimate of drug-likeness (QED) is 0.638. The van der Waals surface area contributed by atoms with E-state index in [2.05, 4.69) is 9.89 Å². The number of ether oxygens (including phenoxy) is 1. The van der Waals surface area contributed by atoms with Gasteiger partial charge in [0.1, 0.15) is 5.69 Å². The fourth-order valence-corrected chi connectivity index (χ4v) is 2.32. The van der Waals surface area contributed by atoms with Gasteiger partial charge in [-0.25, -0.2) is 4.79 Å². The number of carbonyl (C=O) groups excluding carboxylic acids is 1. The highest BCUT2D eigenvalue weighted by atomic mass is 19.4. The second kappa shape index (κ2) is 6.43. The maximum atomic E-state index is 12.8. The Bertz CT molecular complexity index is 916. The van der Waals surface area contributed by atoms with Crippen LogP contribution in [0.1, 0.15) is 15.9 Å². The van der Waals surface area contributed by atoms with Crippen molar-refractivity contribution in [1.29, 1.82) is 0 Å². The normalized spacial score (nSPS) is 11.4. The molecule has 25 heavy (non-hydrogen) atoms. The highest BCUT2D eigenvalue weighted by Gasteiger charge is 2.30. The Kier molecular flexibility index (Phi) is 4.31. The van der Waals surface area contributed by atoms with E-state index in [1.807, 2.05) is 0 Å². The van der Waals surface area contributed by atoms with Gasteiger partial charge in [0.2, 0.25) is 0 Å². The van der Waals surface area contributed by atoms with Crippen LogP contribution in [0.4, 0.5) is 13.2 Å². The second-order valence-electron chi connectivity index (χ2n) is 5.23. The highest BCUT2D eigenvalue weighted by Crippen LogP contribution is 2.33. The predicted octanol–water partition coefficient (Wildman–Crippen LogP) is 4.81. The Hall–Kier alpha value is -3.09. The first kappa shape index (κ1) is 16.8. The van der Waals surface area contributed by atoms with Crippen LogP contribution in [0.15, 0.2) is 59.1 Å². The molecule has 0 atom stereocenters. The zero-order valence-electron chi connectivity index (χ0n) is 13.0. The first-order chi connectivity index (χ1) is 11.9. The van der Waals surface area contributed by atoms with Gasteiger partial charge in [0.15, 0.2) is 5.76 Å². The molecule has 0 spiro atoms. The molecule has 0 fully saturated rings. The summed E-state index contributed by atoms with van der Waals surface area (Å²) in [5.41, 5.74) is 0.819. The van der Waals surface area contributed by atoms with E-state index < -0.39 is 17.7 Å². The van der Waals surface area contributed by atoms with Crippen LogP contribution in [0.5, 0.6) is 0 Å². The summed E-state index contributed by atoms with van der Waals surface area (Å²) in [6, 6.07) is 12.8. The summed E-state index contributed by atoms with van der Waals surface area (Å²) >= 11 is 0. The van der Waals surface area contributed by atoms with Crippen LogP contribution in [0.25, 0.3) is 22.6 Å². The highest BCUT2D eigenvalue weighted by molar-refractivity contribution is 5.90. The van der Waals surface area contributed by atoms with Crippen molar-refractivity contribution in [1.82, 2.24) is 5.16 Å². The molecule has 0 radical (unpaired) electrons. The number of aromatic nitrogens is 1. The molecule has 0 aliphatic carbocycles. The molecule has 0 aliphatic rings. The molecule has 3 aromatic rings. The van der Waals surface area contributed by atoms with Crippen molar-refractivity contribution in [2.75, 3.05) is 7.11 Å². The van der Waals surface area contributed by atoms with Crippen molar-refractivity contribution in [2.24, 2.45) is 0 Å². The van der Waals surface area contributed by atoms with Gasteiger partial charge in [0.05, 0.1) is 18.2 Å². The van der Waals surface area contributed by atoms with E-state index in [0.29, 0.717) is 16.8 Å². The van der Waals surface area contributed by atoms with Gasteiger partial charge in [-0.15, -0.1) is 0 Å². The average molecular weight is 347 g/mol. The maximum absolute atomic E-state index is 12.8. The largest absolute Gasteiger partial charge is 0.465 e. The Balaban J connectivity index is 1.95. The van der Waals surface area contributed by atoms with Crippen LogP contribution in [-0.4, -0.2) is 18.2 Å². The summed E-state index contributed by atoms with van der Waals surface area (Å²) in [5, 5.41) is 3.87. The molecule has 0 saturated heterocycles. The molecule has 1 aromatic heterocycles. The molecule has 0 saturated carbocycles. The molecule has 128 valence electrons. The lowest BCUT2D eigenvalue weighted by molar-refractivity contribution is -0.137. The van der Waals surface area contributed by atoms with Crippen LogP contribution < -0.4 is 0 Å². The maximum Gasteiger partial charge on any atom is 0.416 e. The molecular formula is C18H12F3NO3. The summed E-state index contributed by atoms with van der Waals surface area (Å²) in [5.74, 6) is -0.298. The van der Waals surface area contributed by atoms with Crippen molar-refractivity contribution in [3.63, 3.8) is 0 Å². The van der Waals surface area contributed by atoms with Gasteiger partial charge in [-0.05, 0) is 24.3 Å². The molecule has 0 aliphatic heterocycles. The standard InChI is InChI=1S/C18H12F3NO3/c1-24-17(23)13-6-2-4-11(8-13)15-10-16(25-22-15)12-5-3-7-14(9-12)18(19,20)21/h2-10H,1H3. The Morgan fingerprint density at radius 2 is 1.76 bits per heavy atom. The van der Waals surface area contributed by atoms with Crippen molar-refractivity contribution >= 4 is 5.97 Å². The van der Waals surface area contributed by atoms with E-state index >= 15 is 0 Å². The lowest BCUT2D eigenvalue weighted by Gasteiger charge is -2.06. The molecule has 0 N–H and O–H groups in total. The van der Waals surface area contributed by atoms with Gasteiger partial charge in [0.25, 0.3) is 0 Å². The van der Waals surface area contributed by atoms with Crippen molar-refractivity contribution in [2.45, 2.75) is 6.18 Å². The SMILES string of the molecule is COC(=O)c1cccc(-c2cc(-c3cccc(C(F)(F)F)c3)on2)c1. The molecule has 0 unspecified atom stereocenters. The van der Waals surface area contributed by atoms with E-state index in [-0.39, 0.29) is 11.3 Å². The summed E-state index contributed by atoms with van der Waals surface area (Å²) in [4.78, 5) is 11.6. The predicted molar refractivity (Wildman–Crippen MR) is 83.7 cm³/mol. The average Bonchev–Trinajstić information content (AvgIpc) is 3.11. The summed E-state index contributed by atoms with van der Waals surface area (Å²) in [6.45, 7) is 0. The zero-order valence-corrected chi connectivity index (χ0v) is 13.0. The zero-order chi connectivity index (χ0) is 18.0. The first-order valence-electron chi connectivity index (χ1n) is 7.21. The van der Waals surface area contributed by atoms with E-state index in [1.54, 1.807) is 24.3 Å². The van der Waals surface area contributed by atoms with Crippen molar-refractivity contribution in [3.05, 3.63) is 65.7 Å². The topological polar surface area (TPSA) is 52.3 Å². The Morgan fingerprint density at radius 1 is 1.04 bits per heavy atom. The van der Waals surface area contributed by atoms with Crippen LogP contribution in [0.2, 0.25) is 0 Å². The fraction of sp³-hybridized carbons (Fsp3) is 0.111. The number of benzene rings is 2. The summed E-state index contributed by atoms with van der Waals surface area (Å²) < 4.78 is 48.3. The Morgan fingerprint density at radius 3 is 2.48 bits per heavy atom. The van der Waals surface area contributed by atoms with Crippen LogP contribution in [-0.2, 0) is 10.9 Å². The number of nitrogens with zero attached hydrogens (tertiary/aromatic N) is 1. The third-order valence-electron chi connectivity index (χ3n) is 3.56. The van der Waals surface area contributed by atoms with Crippen LogP contribution >= 0.6 is 0 Å². The fourth-order valence-electron chi connectivity index (χ4n) is 2.32. The molecule has 0 bridgehead atoms. The van der Waals surface area contributed by atoms with Gasteiger partial charge >= 0.3 is 12.1 Å². The lowest BCUT2D eigenvalue weighted by atomic mass is 10.1.